The fourth-order valence-electron chi connectivity index (χ4n) is 5.62. The number of allylic oxidation sites excluding steroid dienone is 4. The third-order valence-electron chi connectivity index (χ3n) is 7.03. The van der Waals surface area contributed by atoms with Crippen molar-refractivity contribution in [3.63, 3.8) is 0 Å². The molecular formula is C23H25NO2. The van der Waals surface area contributed by atoms with Gasteiger partial charge in [0.25, 0.3) is 0 Å². The zero-order chi connectivity index (χ0) is 18.0. The largest absolute Gasteiger partial charge is 0.274 e. The van der Waals surface area contributed by atoms with Crippen molar-refractivity contribution >= 4 is 17.5 Å². The van der Waals surface area contributed by atoms with Crippen LogP contribution in [0.1, 0.15) is 43.2 Å². The quantitative estimate of drug-likeness (QED) is 0.555. The minimum Gasteiger partial charge on any atom is -0.274 e. The summed E-state index contributed by atoms with van der Waals surface area (Å²) in [6.45, 7) is 4.08. The molecule has 1 heterocycles. The Morgan fingerprint density at radius 3 is 2.04 bits per heavy atom. The molecule has 2 amide bonds. The molecule has 0 spiro atoms. The molecule has 3 fully saturated rings. The summed E-state index contributed by atoms with van der Waals surface area (Å²) in [5.74, 6) is -0.0210. The van der Waals surface area contributed by atoms with Gasteiger partial charge in [0.15, 0.2) is 0 Å². The summed E-state index contributed by atoms with van der Waals surface area (Å²) in [5.41, 5.74) is 6.01. The zero-order valence-corrected chi connectivity index (χ0v) is 15.5. The highest BCUT2D eigenvalue weighted by Gasteiger charge is 2.62. The highest BCUT2D eigenvalue weighted by atomic mass is 16.2. The van der Waals surface area contributed by atoms with Crippen molar-refractivity contribution in [1.29, 1.82) is 0 Å². The SMILES string of the molecule is Cc1ccc(N2C(=O)C3C4C=CC(C4=C4CCCCC4)C3C2=O)cc1C. The second-order valence-electron chi connectivity index (χ2n) is 8.39. The molecule has 1 aliphatic heterocycles. The van der Waals surface area contributed by atoms with E-state index in [-0.39, 0.29) is 35.5 Å². The number of carbonyl (C=O) groups is 2. The van der Waals surface area contributed by atoms with Gasteiger partial charge in [0.05, 0.1) is 17.5 Å². The number of hydrogen-bond donors (Lipinski definition) is 0. The van der Waals surface area contributed by atoms with Crippen LogP contribution in [0.3, 0.4) is 0 Å². The molecule has 0 radical (unpaired) electrons. The van der Waals surface area contributed by atoms with Gasteiger partial charge in [-0.05, 0) is 62.8 Å². The highest BCUT2D eigenvalue weighted by molar-refractivity contribution is 6.23. The van der Waals surface area contributed by atoms with E-state index in [0.29, 0.717) is 0 Å². The Morgan fingerprint density at radius 1 is 0.846 bits per heavy atom. The van der Waals surface area contributed by atoms with E-state index in [4.69, 9.17) is 0 Å². The molecule has 26 heavy (non-hydrogen) atoms. The molecule has 3 nitrogen and oxygen atoms in total. The van der Waals surface area contributed by atoms with E-state index in [0.717, 1.165) is 24.1 Å². The Morgan fingerprint density at radius 2 is 1.46 bits per heavy atom. The topological polar surface area (TPSA) is 37.4 Å². The van der Waals surface area contributed by atoms with Crippen LogP contribution in [0.25, 0.3) is 0 Å². The third kappa shape index (κ3) is 2.06. The van der Waals surface area contributed by atoms with Crippen LogP contribution >= 0.6 is 0 Å². The molecule has 5 rings (SSSR count). The minimum absolute atomic E-state index is 0.00834. The third-order valence-corrected chi connectivity index (χ3v) is 7.03. The molecule has 1 saturated heterocycles. The predicted octanol–water partition coefficient (Wildman–Crippen LogP) is 4.49. The van der Waals surface area contributed by atoms with Gasteiger partial charge < -0.3 is 0 Å². The van der Waals surface area contributed by atoms with E-state index in [1.165, 1.54) is 35.3 Å². The van der Waals surface area contributed by atoms with Crippen LogP contribution in [0.2, 0.25) is 0 Å². The Kier molecular flexibility index (Phi) is 3.50. The standard InChI is InChI=1S/C23H25NO2/c1-13-8-9-16(12-14(13)2)24-22(25)20-17-10-11-18(21(20)23(24)26)19(17)15-6-4-3-5-7-15/h8-12,17-18,20-21H,3-7H2,1-2H3. The van der Waals surface area contributed by atoms with Gasteiger partial charge in [-0.1, -0.05) is 35.8 Å². The van der Waals surface area contributed by atoms with Crippen LogP contribution in [-0.4, -0.2) is 11.8 Å². The predicted molar refractivity (Wildman–Crippen MR) is 102 cm³/mol. The summed E-state index contributed by atoms with van der Waals surface area (Å²) in [4.78, 5) is 28.0. The first kappa shape index (κ1) is 16.0. The lowest BCUT2D eigenvalue weighted by molar-refractivity contribution is -0.122. The van der Waals surface area contributed by atoms with Crippen molar-refractivity contribution in [3.8, 4) is 0 Å². The van der Waals surface area contributed by atoms with Gasteiger partial charge in [0.2, 0.25) is 11.8 Å². The Balaban J connectivity index is 1.53. The maximum absolute atomic E-state index is 13.3. The van der Waals surface area contributed by atoms with Crippen molar-refractivity contribution in [2.45, 2.75) is 46.0 Å². The van der Waals surface area contributed by atoms with Crippen LogP contribution in [0.15, 0.2) is 41.5 Å². The van der Waals surface area contributed by atoms with Crippen molar-refractivity contribution in [1.82, 2.24) is 0 Å². The van der Waals surface area contributed by atoms with E-state index in [1.807, 2.05) is 32.0 Å². The Labute approximate surface area is 154 Å². The van der Waals surface area contributed by atoms with Gasteiger partial charge >= 0.3 is 0 Å². The van der Waals surface area contributed by atoms with Crippen LogP contribution in [0.5, 0.6) is 0 Å². The molecule has 4 unspecified atom stereocenters. The first-order chi connectivity index (χ1) is 12.6. The van der Waals surface area contributed by atoms with Crippen molar-refractivity contribution in [2.75, 3.05) is 4.90 Å². The lowest BCUT2D eigenvalue weighted by Crippen LogP contribution is -2.33. The molecule has 4 aliphatic rings. The van der Waals surface area contributed by atoms with E-state index < -0.39 is 0 Å². The van der Waals surface area contributed by atoms with Crippen molar-refractivity contribution < 1.29 is 9.59 Å². The number of nitrogens with zero attached hydrogens (tertiary/aromatic N) is 1. The molecule has 2 saturated carbocycles. The fourth-order valence-corrected chi connectivity index (χ4v) is 5.62. The summed E-state index contributed by atoms with van der Waals surface area (Å²) in [6.07, 6.45) is 10.6. The summed E-state index contributed by atoms with van der Waals surface area (Å²) < 4.78 is 0. The average molecular weight is 347 g/mol. The minimum atomic E-state index is -0.177. The molecule has 0 aromatic heterocycles. The highest BCUT2D eigenvalue weighted by Crippen LogP contribution is 2.58. The maximum atomic E-state index is 13.3. The van der Waals surface area contributed by atoms with E-state index >= 15 is 0 Å². The first-order valence-electron chi connectivity index (χ1n) is 9.93. The summed E-state index contributed by atoms with van der Waals surface area (Å²) >= 11 is 0. The van der Waals surface area contributed by atoms with Crippen LogP contribution < -0.4 is 4.90 Å². The van der Waals surface area contributed by atoms with Gasteiger partial charge in [-0.2, -0.15) is 0 Å². The van der Waals surface area contributed by atoms with Crippen molar-refractivity contribution in [2.24, 2.45) is 23.7 Å². The zero-order valence-electron chi connectivity index (χ0n) is 15.5. The second kappa shape index (κ2) is 5.67. The van der Waals surface area contributed by atoms with E-state index in [9.17, 15) is 9.59 Å². The summed E-state index contributed by atoms with van der Waals surface area (Å²) in [6, 6.07) is 5.89. The van der Waals surface area contributed by atoms with Crippen LogP contribution in [0, 0.1) is 37.5 Å². The number of rotatable bonds is 1. The van der Waals surface area contributed by atoms with Gasteiger partial charge in [-0.3, -0.25) is 9.59 Å². The second-order valence-corrected chi connectivity index (χ2v) is 8.39. The number of anilines is 1. The smallest absolute Gasteiger partial charge is 0.238 e. The number of imide groups is 1. The monoisotopic (exact) mass is 347 g/mol. The average Bonchev–Trinajstić information content (AvgIpc) is 3.28. The molecule has 0 N–H and O–H groups in total. The number of amides is 2. The van der Waals surface area contributed by atoms with E-state index in [2.05, 4.69) is 12.2 Å². The molecule has 1 aromatic rings. The number of benzene rings is 1. The first-order valence-corrected chi connectivity index (χ1v) is 9.93. The molecule has 1 aromatic carbocycles. The van der Waals surface area contributed by atoms with Gasteiger partial charge in [-0.15, -0.1) is 0 Å². The normalized spacial score (nSPS) is 32.8. The van der Waals surface area contributed by atoms with Crippen LogP contribution in [0.4, 0.5) is 5.69 Å². The molecule has 3 aliphatic carbocycles. The Bertz CT molecular complexity index is 836. The van der Waals surface area contributed by atoms with Gasteiger partial charge in [0.1, 0.15) is 0 Å². The maximum Gasteiger partial charge on any atom is 0.238 e. The van der Waals surface area contributed by atoms with Crippen LogP contribution in [-0.2, 0) is 9.59 Å². The summed E-state index contributed by atoms with van der Waals surface area (Å²) in [5, 5.41) is 0. The lowest BCUT2D eigenvalue weighted by atomic mass is 9.85. The van der Waals surface area contributed by atoms with Gasteiger partial charge in [0, 0.05) is 11.8 Å². The molecule has 3 heteroatoms. The number of aryl methyl sites for hydroxylation is 2. The molecule has 2 bridgehead atoms. The van der Waals surface area contributed by atoms with E-state index in [1.54, 1.807) is 5.57 Å². The lowest BCUT2D eigenvalue weighted by Gasteiger charge is -2.23. The summed E-state index contributed by atoms with van der Waals surface area (Å²) in [7, 11) is 0. The number of carbonyl (C=O) groups excluding carboxylic acids is 2. The molecule has 134 valence electrons. The van der Waals surface area contributed by atoms with Crippen molar-refractivity contribution in [3.05, 3.63) is 52.6 Å². The van der Waals surface area contributed by atoms with Gasteiger partial charge in [-0.25, -0.2) is 4.90 Å². The number of fused-ring (bicyclic) bond motifs is 5. The number of hydrogen-bond acceptors (Lipinski definition) is 2. The molecular weight excluding hydrogens is 322 g/mol. The fraction of sp³-hybridized carbons (Fsp3) is 0.478. The Hall–Kier alpha value is -2.16. The molecule has 4 atom stereocenters.